The van der Waals surface area contributed by atoms with Crippen LogP contribution in [0.1, 0.15) is 12.8 Å². The minimum Gasteiger partial charge on any atom is -0.350 e. The minimum absolute atomic E-state index is 0. The fourth-order valence-electron chi connectivity index (χ4n) is 2.05. The van der Waals surface area contributed by atoms with Gasteiger partial charge in [0, 0.05) is 33.1 Å². The Hall–Kier alpha value is -1.15. The Bertz CT molecular complexity index is 361. The number of nitrogens with one attached hydrogen (secondary N) is 1. The summed E-state index contributed by atoms with van der Waals surface area (Å²) in [5.41, 5.74) is 4.90. The number of hydrogen-bond acceptors (Lipinski definition) is 3. The van der Waals surface area contributed by atoms with Crippen molar-refractivity contribution in [2.45, 2.75) is 18.8 Å². The molecule has 1 fully saturated rings. The summed E-state index contributed by atoms with van der Waals surface area (Å²) in [7, 11) is 3.33. The van der Waals surface area contributed by atoms with E-state index in [1.807, 2.05) is 0 Å². The van der Waals surface area contributed by atoms with Crippen molar-refractivity contribution in [1.82, 2.24) is 15.1 Å². The monoisotopic (exact) mass is 328 g/mol. The largest absolute Gasteiger partial charge is 0.350 e. The number of nitrogens with two attached hydrogens (primary N) is 1. The fraction of sp³-hybridized carbons (Fsp3) is 0.833. The van der Waals surface area contributed by atoms with E-state index in [2.05, 4.69) is 5.32 Å². The molecule has 0 saturated carbocycles. The summed E-state index contributed by atoms with van der Waals surface area (Å²) in [6.45, 7) is -0.604. The number of alkyl halides is 2. The molecule has 0 aromatic rings. The Morgan fingerprint density at radius 3 is 2.29 bits per heavy atom. The molecule has 0 atom stereocenters. The molecule has 21 heavy (non-hydrogen) atoms. The highest BCUT2D eigenvalue weighted by molar-refractivity contribution is 5.85. The van der Waals surface area contributed by atoms with Crippen LogP contribution < -0.4 is 11.1 Å². The highest BCUT2D eigenvalue weighted by atomic mass is 35.5. The van der Waals surface area contributed by atoms with Crippen molar-refractivity contribution in [2.75, 3.05) is 40.3 Å². The van der Waals surface area contributed by atoms with Crippen molar-refractivity contribution < 1.29 is 18.4 Å². The summed E-state index contributed by atoms with van der Waals surface area (Å²) in [5, 5.41) is 2.23. The molecule has 1 rings (SSSR count). The number of urea groups is 1. The molecule has 6 nitrogen and oxygen atoms in total. The molecular formula is C12H23ClF2N4O2. The Balaban J connectivity index is 0.00000400. The second-order valence-electron chi connectivity index (χ2n) is 5.22. The van der Waals surface area contributed by atoms with Gasteiger partial charge < -0.3 is 20.9 Å². The van der Waals surface area contributed by atoms with E-state index < -0.39 is 24.9 Å². The molecule has 1 saturated heterocycles. The average Bonchev–Trinajstić information content (AvgIpc) is 2.44. The highest BCUT2D eigenvalue weighted by Crippen LogP contribution is 2.18. The summed E-state index contributed by atoms with van der Waals surface area (Å²) in [6, 6.07) is -0.0986. The molecule has 0 bridgehead atoms. The topological polar surface area (TPSA) is 78.7 Å². The molecule has 0 spiro atoms. The van der Waals surface area contributed by atoms with Crippen molar-refractivity contribution in [3.63, 3.8) is 0 Å². The summed E-state index contributed by atoms with van der Waals surface area (Å²) >= 11 is 0. The maximum absolute atomic E-state index is 12.9. The van der Waals surface area contributed by atoms with Crippen LogP contribution in [0.2, 0.25) is 0 Å². The van der Waals surface area contributed by atoms with Gasteiger partial charge in [-0.05, 0) is 12.8 Å². The van der Waals surface area contributed by atoms with Crippen LogP contribution in [0.15, 0.2) is 0 Å². The molecule has 3 amide bonds. The molecule has 9 heteroatoms. The molecule has 1 aliphatic rings. The van der Waals surface area contributed by atoms with E-state index in [0.717, 1.165) is 0 Å². The Morgan fingerprint density at radius 2 is 1.86 bits per heavy atom. The molecule has 124 valence electrons. The smallest absolute Gasteiger partial charge is 0.319 e. The summed E-state index contributed by atoms with van der Waals surface area (Å²) in [4.78, 5) is 26.6. The lowest BCUT2D eigenvalue weighted by molar-refractivity contribution is -0.128. The number of amides is 3. The van der Waals surface area contributed by atoms with Gasteiger partial charge in [0.25, 0.3) is 5.92 Å². The number of piperidine rings is 1. The third-order valence-electron chi connectivity index (χ3n) is 3.34. The van der Waals surface area contributed by atoms with E-state index in [4.69, 9.17) is 5.73 Å². The van der Waals surface area contributed by atoms with Gasteiger partial charge in [0.05, 0.1) is 13.1 Å². The highest BCUT2D eigenvalue weighted by Gasteiger charge is 2.31. The normalized spacial score (nSPS) is 16.1. The molecule has 0 aromatic heterocycles. The molecule has 0 aliphatic carbocycles. The van der Waals surface area contributed by atoms with Crippen molar-refractivity contribution >= 4 is 24.3 Å². The lowest BCUT2D eigenvalue weighted by atomic mass is 9.96. The van der Waals surface area contributed by atoms with E-state index in [-0.39, 0.29) is 24.4 Å². The van der Waals surface area contributed by atoms with Crippen LogP contribution >= 0.6 is 12.4 Å². The number of likely N-dealkylation sites (tertiary alicyclic amines) is 1. The lowest BCUT2D eigenvalue weighted by Crippen LogP contribution is -2.48. The molecule has 1 aliphatic heterocycles. The first-order valence-electron chi connectivity index (χ1n) is 6.58. The standard InChI is InChI=1S/C12H22F2N4O2.ClH/c1-17(2)11(20)18-5-3-9(4-6-18)10(19)16-8-12(13,14)7-15;/h9H,3-8,15H2,1-2H3,(H,16,19);1H. The summed E-state index contributed by atoms with van der Waals surface area (Å²) in [5.74, 6) is -3.79. The number of carbonyl (C=O) groups excluding carboxylic acids is 2. The van der Waals surface area contributed by atoms with Crippen molar-refractivity contribution in [2.24, 2.45) is 11.7 Å². The van der Waals surface area contributed by atoms with E-state index in [1.54, 1.807) is 19.0 Å². The van der Waals surface area contributed by atoms with E-state index in [9.17, 15) is 18.4 Å². The first-order valence-corrected chi connectivity index (χ1v) is 6.58. The summed E-state index contributed by atoms with van der Waals surface area (Å²) < 4.78 is 25.9. The number of rotatable bonds is 4. The van der Waals surface area contributed by atoms with Gasteiger partial charge in [-0.15, -0.1) is 12.4 Å². The quantitative estimate of drug-likeness (QED) is 0.789. The lowest BCUT2D eigenvalue weighted by Gasteiger charge is -2.33. The Morgan fingerprint density at radius 1 is 1.33 bits per heavy atom. The van der Waals surface area contributed by atoms with Gasteiger partial charge in [0.2, 0.25) is 5.91 Å². The number of nitrogens with zero attached hydrogens (tertiary/aromatic N) is 2. The van der Waals surface area contributed by atoms with E-state index in [0.29, 0.717) is 25.9 Å². The third-order valence-corrected chi connectivity index (χ3v) is 3.34. The van der Waals surface area contributed by atoms with Gasteiger partial charge in [0.15, 0.2) is 0 Å². The van der Waals surface area contributed by atoms with Gasteiger partial charge in [-0.1, -0.05) is 0 Å². The van der Waals surface area contributed by atoms with Crippen LogP contribution in [0, 0.1) is 5.92 Å². The van der Waals surface area contributed by atoms with Crippen LogP contribution in [0.25, 0.3) is 0 Å². The van der Waals surface area contributed by atoms with Crippen LogP contribution in [0.5, 0.6) is 0 Å². The van der Waals surface area contributed by atoms with Gasteiger partial charge >= 0.3 is 6.03 Å². The molecule has 0 aromatic carbocycles. The van der Waals surface area contributed by atoms with Gasteiger partial charge in [-0.3, -0.25) is 4.79 Å². The number of carbonyl (C=O) groups is 2. The maximum Gasteiger partial charge on any atom is 0.319 e. The van der Waals surface area contributed by atoms with Crippen LogP contribution in [0.4, 0.5) is 13.6 Å². The third kappa shape index (κ3) is 6.01. The van der Waals surface area contributed by atoms with Crippen molar-refractivity contribution in [1.29, 1.82) is 0 Å². The van der Waals surface area contributed by atoms with Crippen LogP contribution in [-0.4, -0.2) is 67.9 Å². The maximum atomic E-state index is 12.9. The average molecular weight is 329 g/mol. The molecule has 1 heterocycles. The second kappa shape index (κ2) is 8.33. The van der Waals surface area contributed by atoms with E-state index in [1.165, 1.54) is 4.90 Å². The van der Waals surface area contributed by atoms with Crippen molar-refractivity contribution in [3.8, 4) is 0 Å². The van der Waals surface area contributed by atoms with Gasteiger partial charge in [0.1, 0.15) is 0 Å². The van der Waals surface area contributed by atoms with Gasteiger partial charge in [-0.25, -0.2) is 13.6 Å². The van der Waals surface area contributed by atoms with Gasteiger partial charge in [-0.2, -0.15) is 0 Å². The first kappa shape index (κ1) is 19.9. The molecule has 0 unspecified atom stereocenters. The predicted molar refractivity (Wildman–Crippen MR) is 77.6 cm³/mol. The van der Waals surface area contributed by atoms with Crippen LogP contribution in [-0.2, 0) is 4.79 Å². The molecular weight excluding hydrogens is 306 g/mol. The zero-order valence-corrected chi connectivity index (χ0v) is 13.1. The van der Waals surface area contributed by atoms with E-state index >= 15 is 0 Å². The molecule has 3 N–H and O–H groups in total. The first-order chi connectivity index (χ1) is 9.26. The number of hydrogen-bond donors (Lipinski definition) is 2. The van der Waals surface area contributed by atoms with Crippen molar-refractivity contribution in [3.05, 3.63) is 0 Å². The number of halogens is 3. The second-order valence-corrected chi connectivity index (χ2v) is 5.22. The minimum atomic E-state index is -3.07. The van der Waals surface area contributed by atoms with Crippen LogP contribution in [0.3, 0.4) is 0 Å². The Kier molecular flexibility index (Phi) is 7.87. The predicted octanol–water partition coefficient (Wildman–Crippen LogP) is 0.512. The SMILES string of the molecule is CN(C)C(=O)N1CCC(C(=O)NCC(F)(F)CN)CC1.Cl. The molecule has 0 radical (unpaired) electrons. The zero-order valence-electron chi connectivity index (χ0n) is 12.3. The Labute approximate surface area is 129 Å². The fourth-order valence-corrected chi connectivity index (χ4v) is 2.05. The summed E-state index contributed by atoms with van der Waals surface area (Å²) in [6.07, 6.45) is 0.971. The zero-order chi connectivity index (χ0) is 15.3.